The largest absolute Gasteiger partial charge is 0.355 e. The number of piperidine rings is 1. The lowest BCUT2D eigenvalue weighted by Gasteiger charge is -2.32. The molecule has 2 aromatic carbocycles. The molecule has 0 saturated carbocycles. The Morgan fingerprint density at radius 2 is 1.82 bits per heavy atom. The van der Waals surface area contributed by atoms with E-state index in [9.17, 15) is 4.79 Å². The molecule has 1 aliphatic rings. The van der Waals surface area contributed by atoms with E-state index < -0.39 is 0 Å². The molecule has 0 radical (unpaired) electrons. The molecule has 5 rings (SSSR count). The zero-order chi connectivity index (χ0) is 22.8. The number of aryl methyl sites for hydroxylation is 2. The van der Waals surface area contributed by atoms with Gasteiger partial charge in [0.1, 0.15) is 5.52 Å². The van der Waals surface area contributed by atoms with E-state index in [4.69, 9.17) is 5.10 Å². The molecule has 1 fully saturated rings. The van der Waals surface area contributed by atoms with E-state index in [2.05, 4.69) is 53.3 Å². The van der Waals surface area contributed by atoms with Gasteiger partial charge in [0.25, 0.3) is 0 Å². The third-order valence-electron chi connectivity index (χ3n) is 6.65. The summed E-state index contributed by atoms with van der Waals surface area (Å²) in [5, 5.41) is 7.89. The molecule has 1 aliphatic heterocycles. The fourth-order valence-electron chi connectivity index (χ4n) is 4.48. The first-order chi connectivity index (χ1) is 16.1. The maximum Gasteiger partial charge on any atom is 0.223 e. The number of aromatic nitrogens is 3. The fourth-order valence-corrected chi connectivity index (χ4v) is 4.48. The Bertz CT molecular complexity index is 1270. The third kappa shape index (κ3) is 4.46. The van der Waals surface area contributed by atoms with Crippen LogP contribution in [0, 0.1) is 19.8 Å². The van der Waals surface area contributed by atoms with Crippen molar-refractivity contribution in [3.05, 3.63) is 83.7 Å². The molecule has 0 bridgehead atoms. The number of rotatable bonds is 5. The molecule has 0 aliphatic carbocycles. The summed E-state index contributed by atoms with van der Waals surface area (Å²) in [5.74, 6) is 1.12. The predicted molar refractivity (Wildman–Crippen MR) is 131 cm³/mol. The van der Waals surface area contributed by atoms with Gasteiger partial charge in [-0.1, -0.05) is 42.5 Å². The van der Waals surface area contributed by atoms with Crippen LogP contribution in [0.4, 0.5) is 5.82 Å². The number of anilines is 1. The Labute approximate surface area is 194 Å². The molecule has 168 valence electrons. The van der Waals surface area contributed by atoms with Crippen molar-refractivity contribution in [2.45, 2.75) is 33.2 Å². The van der Waals surface area contributed by atoms with Crippen LogP contribution in [0.3, 0.4) is 0 Å². The van der Waals surface area contributed by atoms with Crippen molar-refractivity contribution < 1.29 is 4.79 Å². The van der Waals surface area contributed by atoms with Crippen molar-refractivity contribution >= 4 is 17.2 Å². The Balaban J connectivity index is 1.28. The minimum absolute atomic E-state index is 0.0423. The fraction of sp³-hybridized carbons (Fsp3) is 0.296. The highest BCUT2D eigenvalue weighted by atomic mass is 16.1. The normalized spacial score (nSPS) is 14.5. The maximum absolute atomic E-state index is 12.7. The highest BCUT2D eigenvalue weighted by molar-refractivity contribution is 5.79. The maximum atomic E-state index is 12.7. The number of benzene rings is 2. The molecule has 33 heavy (non-hydrogen) atoms. The van der Waals surface area contributed by atoms with Crippen LogP contribution in [0.2, 0.25) is 0 Å². The van der Waals surface area contributed by atoms with E-state index in [0.29, 0.717) is 6.54 Å². The number of hydrogen-bond acceptors (Lipinski definition) is 4. The van der Waals surface area contributed by atoms with E-state index >= 15 is 0 Å². The van der Waals surface area contributed by atoms with Gasteiger partial charge in [-0.2, -0.15) is 5.10 Å². The zero-order valence-electron chi connectivity index (χ0n) is 19.2. The SMILES string of the molecule is Cc1ccc(-c2cc3c(N4CCC(C(=O)NCc5ccccc5)CC4)nccn3n2)cc1C. The predicted octanol–water partition coefficient (Wildman–Crippen LogP) is 4.55. The number of nitrogens with one attached hydrogen (secondary N) is 1. The average Bonchev–Trinajstić information content (AvgIpc) is 3.29. The van der Waals surface area contributed by atoms with Crippen LogP contribution >= 0.6 is 0 Å². The Kier molecular flexibility index (Phi) is 5.82. The molecular weight excluding hydrogens is 410 g/mol. The van der Waals surface area contributed by atoms with E-state index in [1.165, 1.54) is 11.1 Å². The van der Waals surface area contributed by atoms with Gasteiger partial charge in [-0.05, 0) is 55.5 Å². The van der Waals surface area contributed by atoms with Crippen LogP contribution in [-0.2, 0) is 11.3 Å². The number of amides is 1. The highest BCUT2D eigenvalue weighted by Crippen LogP contribution is 2.29. The van der Waals surface area contributed by atoms with E-state index in [1.807, 2.05) is 41.0 Å². The van der Waals surface area contributed by atoms with Crippen LogP contribution in [0.15, 0.2) is 67.0 Å². The second kappa shape index (κ2) is 9.06. The molecule has 1 amide bonds. The van der Waals surface area contributed by atoms with Crippen molar-refractivity contribution in [2.24, 2.45) is 5.92 Å². The summed E-state index contributed by atoms with van der Waals surface area (Å²) in [5.41, 5.74) is 6.72. The summed E-state index contributed by atoms with van der Waals surface area (Å²) in [6.45, 7) is 6.44. The van der Waals surface area contributed by atoms with E-state index in [0.717, 1.165) is 54.1 Å². The Hall–Kier alpha value is -3.67. The number of hydrogen-bond donors (Lipinski definition) is 1. The Morgan fingerprint density at radius 1 is 1.03 bits per heavy atom. The summed E-state index contributed by atoms with van der Waals surface area (Å²) in [6, 6.07) is 18.6. The lowest BCUT2D eigenvalue weighted by molar-refractivity contribution is -0.125. The van der Waals surface area contributed by atoms with Gasteiger partial charge in [-0.15, -0.1) is 0 Å². The molecule has 0 spiro atoms. The standard InChI is InChI=1S/C27H29N5O/c1-19-8-9-23(16-20(19)2)24-17-25-26(28-12-15-32(25)30-24)31-13-10-22(11-14-31)27(33)29-18-21-6-4-3-5-7-21/h3-9,12,15-17,22H,10-11,13-14,18H2,1-2H3,(H,29,33). The second-order valence-corrected chi connectivity index (χ2v) is 8.87. The second-order valence-electron chi connectivity index (χ2n) is 8.87. The molecule has 3 heterocycles. The van der Waals surface area contributed by atoms with Gasteiger partial charge in [0, 0.05) is 43.5 Å². The van der Waals surface area contributed by atoms with Crippen molar-refractivity contribution in [1.29, 1.82) is 0 Å². The lowest BCUT2D eigenvalue weighted by Crippen LogP contribution is -2.40. The molecule has 4 aromatic rings. The number of carbonyl (C=O) groups is 1. The van der Waals surface area contributed by atoms with Crippen molar-refractivity contribution in [2.75, 3.05) is 18.0 Å². The molecule has 2 aromatic heterocycles. The number of carbonyl (C=O) groups excluding carboxylic acids is 1. The van der Waals surface area contributed by atoms with Crippen molar-refractivity contribution in [3.8, 4) is 11.3 Å². The minimum Gasteiger partial charge on any atom is -0.355 e. The molecule has 1 saturated heterocycles. The number of fused-ring (bicyclic) bond motifs is 1. The van der Waals surface area contributed by atoms with Crippen molar-refractivity contribution in [1.82, 2.24) is 19.9 Å². The third-order valence-corrected chi connectivity index (χ3v) is 6.65. The van der Waals surface area contributed by atoms with Gasteiger partial charge in [-0.25, -0.2) is 9.50 Å². The van der Waals surface area contributed by atoms with Crippen LogP contribution < -0.4 is 10.2 Å². The van der Waals surface area contributed by atoms with E-state index in [1.54, 1.807) is 6.20 Å². The van der Waals surface area contributed by atoms with Gasteiger partial charge >= 0.3 is 0 Å². The summed E-state index contributed by atoms with van der Waals surface area (Å²) in [6.07, 6.45) is 5.34. The van der Waals surface area contributed by atoms with Crippen LogP contribution in [0.5, 0.6) is 0 Å². The van der Waals surface area contributed by atoms with Gasteiger partial charge < -0.3 is 10.2 Å². The summed E-state index contributed by atoms with van der Waals surface area (Å²) >= 11 is 0. The van der Waals surface area contributed by atoms with Crippen LogP contribution in [-0.4, -0.2) is 33.6 Å². The molecule has 0 atom stereocenters. The molecule has 6 nitrogen and oxygen atoms in total. The van der Waals surface area contributed by atoms with Crippen molar-refractivity contribution in [3.63, 3.8) is 0 Å². The topological polar surface area (TPSA) is 62.5 Å². The molecule has 6 heteroatoms. The van der Waals surface area contributed by atoms with Crippen LogP contribution in [0.25, 0.3) is 16.8 Å². The monoisotopic (exact) mass is 439 g/mol. The summed E-state index contributed by atoms with van der Waals surface area (Å²) < 4.78 is 1.91. The van der Waals surface area contributed by atoms with Gasteiger partial charge in [0.05, 0.1) is 5.69 Å². The van der Waals surface area contributed by atoms with E-state index in [-0.39, 0.29) is 11.8 Å². The summed E-state index contributed by atoms with van der Waals surface area (Å²) in [7, 11) is 0. The number of nitrogens with zero attached hydrogens (tertiary/aromatic N) is 4. The minimum atomic E-state index is 0.0423. The smallest absolute Gasteiger partial charge is 0.223 e. The zero-order valence-corrected chi connectivity index (χ0v) is 19.2. The van der Waals surface area contributed by atoms with Crippen LogP contribution in [0.1, 0.15) is 29.5 Å². The average molecular weight is 440 g/mol. The van der Waals surface area contributed by atoms with Gasteiger partial charge in [0.15, 0.2) is 5.82 Å². The summed E-state index contributed by atoms with van der Waals surface area (Å²) in [4.78, 5) is 19.6. The molecule has 0 unspecified atom stereocenters. The molecular formula is C27H29N5O. The lowest BCUT2D eigenvalue weighted by atomic mass is 9.95. The quantitative estimate of drug-likeness (QED) is 0.496. The first kappa shape index (κ1) is 21.2. The first-order valence-corrected chi connectivity index (χ1v) is 11.6. The van der Waals surface area contributed by atoms with Gasteiger partial charge in [-0.3, -0.25) is 4.79 Å². The highest BCUT2D eigenvalue weighted by Gasteiger charge is 2.26. The Morgan fingerprint density at radius 3 is 2.58 bits per heavy atom. The first-order valence-electron chi connectivity index (χ1n) is 11.6. The molecule has 1 N–H and O–H groups in total. The van der Waals surface area contributed by atoms with Gasteiger partial charge in [0.2, 0.25) is 5.91 Å².